The van der Waals surface area contributed by atoms with Crippen molar-refractivity contribution in [3.8, 4) is 28.2 Å². The number of carboxylic acids is 1. The molecule has 2 aliphatic heterocycles. The second-order valence-electron chi connectivity index (χ2n) is 26.4. The van der Waals surface area contributed by atoms with Gasteiger partial charge in [-0.05, 0) is 116 Å². The van der Waals surface area contributed by atoms with Gasteiger partial charge in [-0.2, -0.15) is 0 Å². The molecule has 0 fully saturated rings. The van der Waals surface area contributed by atoms with E-state index in [1.54, 1.807) is 60.7 Å². The van der Waals surface area contributed by atoms with E-state index >= 15 is 0 Å². The van der Waals surface area contributed by atoms with Crippen LogP contribution < -0.4 is 67.2 Å². The number of amides is 8. The van der Waals surface area contributed by atoms with Crippen LogP contribution in [0.3, 0.4) is 0 Å². The molecular formula is C80H92N10O13. The third-order valence-electron chi connectivity index (χ3n) is 18.1. The molecule has 9 rings (SSSR count). The normalized spacial score (nSPS) is 13.9. The van der Waals surface area contributed by atoms with Gasteiger partial charge in [-0.15, -0.1) is 0 Å². The smallest absolute Gasteiger partial charge is 0.261 e. The van der Waals surface area contributed by atoms with Gasteiger partial charge in [0.05, 0.1) is 12.0 Å². The van der Waals surface area contributed by atoms with Crippen LogP contribution in [0, 0.1) is 0 Å². The number of nitrogens with zero attached hydrogens (tertiary/aromatic N) is 2. The molecule has 23 heteroatoms. The van der Waals surface area contributed by atoms with Gasteiger partial charge in [0.15, 0.2) is 5.60 Å². The van der Waals surface area contributed by atoms with Crippen LogP contribution in [0.1, 0.15) is 133 Å². The van der Waals surface area contributed by atoms with E-state index in [0.29, 0.717) is 141 Å². The van der Waals surface area contributed by atoms with Gasteiger partial charge in [-0.3, -0.25) is 38.4 Å². The van der Waals surface area contributed by atoms with Crippen molar-refractivity contribution < 1.29 is 62.5 Å². The molecule has 540 valence electrons. The van der Waals surface area contributed by atoms with Crippen LogP contribution in [-0.4, -0.2) is 124 Å². The summed E-state index contributed by atoms with van der Waals surface area (Å²) in [5, 5.41) is 48.6. The number of anilines is 2. The Morgan fingerprint density at radius 2 is 1.20 bits per heavy atom. The van der Waals surface area contributed by atoms with E-state index < -0.39 is 71.6 Å². The zero-order valence-electron chi connectivity index (χ0n) is 59.0. The molecule has 4 atom stereocenters. The summed E-state index contributed by atoms with van der Waals surface area (Å²) in [5.74, 6) is -4.16. The monoisotopic (exact) mass is 1400 g/mol. The molecule has 0 saturated heterocycles. The van der Waals surface area contributed by atoms with Gasteiger partial charge in [0.1, 0.15) is 55.9 Å². The Balaban J connectivity index is 0.664. The van der Waals surface area contributed by atoms with Crippen molar-refractivity contribution in [2.75, 3.05) is 58.0 Å². The van der Waals surface area contributed by atoms with Gasteiger partial charge >= 0.3 is 0 Å². The Bertz CT molecular complexity index is 4350. The molecule has 2 heterocycles. The lowest BCUT2D eigenvalue weighted by molar-refractivity contribution is -0.255. The molecule has 9 N–H and O–H groups in total. The molecule has 23 nitrogen and oxygen atoms in total. The van der Waals surface area contributed by atoms with Crippen LogP contribution >= 0.6 is 0 Å². The number of para-hydroxylation sites is 1. The van der Waals surface area contributed by atoms with Crippen LogP contribution in [0.5, 0.6) is 5.75 Å². The number of carbonyl (C=O) groups is 9. The van der Waals surface area contributed by atoms with Gasteiger partial charge in [-0.25, -0.2) is 4.58 Å². The first-order valence-corrected chi connectivity index (χ1v) is 35.1. The zero-order chi connectivity index (χ0) is 73.4. The number of rotatable bonds is 37. The molecule has 3 aliphatic rings. The number of benzene rings is 7. The summed E-state index contributed by atoms with van der Waals surface area (Å²) in [6.45, 7) is 3.08. The SMILES string of the molecule is C[C@H](NC(=O)[C@H](Cc1ccc(OCc2ccccc2)cc1)NC(=O)CCCCCNC(=O)CCCCCNC(=O)CCCCCNC(=O)c1ccc(-c2c3ccc(=[N+](C)C)cc-3oc3cc(N(C)C)ccc23)c(C(=O)[O-])c1)C(=O)N[C@@H](C[C@]1(O)C(=O)Nc2ccccc21)C(=O)NCc1ccccc1. The minimum Gasteiger partial charge on any atom is -0.545 e. The van der Waals surface area contributed by atoms with Crippen molar-refractivity contribution in [2.24, 2.45) is 0 Å². The lowest BCUT2D eigenvalue weighted by Crippen LogP contribution is -2.57. The Morgan fingerprint density at radius 1 is 0.592 bits per heavy atom. The highest BCUT2D eigenvalue weighted by molar-refractivity contribution is 6.09. The number of aromatic carboxylic acids is 1. The Kier molecular flexibility index (Phi) is 27.2. The van der Waals surface area contributed by atoms with Crippen molar-refractivity contribution in [1.82, 2.24) is 41.8 Å². The maximum absolute atomic E-state index is 14.2. The van der Waals surface area contributed by atoms with E-state index in [4.69, 9.17) is 9.15 Å². The number of carboxylic acid groups (broad SMARTS) is 1. The van der Waals surface area contributed by atoms with Gasteiger partial charge < -0.3 is 71.6 Å². The number of nitrogens with one attached hydrogen (secondary N) is 8. The molecule has 0 bridgehead atoms. The quantitative estimate of drug-likeness (QED) is 0.0106. The van der Waals surface area contributed by atoms with E-state index in [1.807, 2.05) is 135 Å². The molecule has 0 unspecified atom stereocenters. The van der Waals surface area contributed by atoms with E-state index in [-0.39, 0.29) is 47.9 Å². The van der Waals surface area contributed by atoms with Crippen LogP contribution in [0.15, 0.2) is 168 Å². The number of hydrogen-bond donors (Lipinski definition) is 9. The van der Waals surface area contributed by atoms with Crippen LogP contribution in [-0.2, 0) is 58.7 Å². The Morgan fingerprint density at radius 3 is 1.84 bits per heavy atom. The van der Waals surface area contributed by atoms with E-state index in [2.05, 4.69) is 42.5 Å². The van der Waals surface area contributed by atoms with Crippen molar-refractivity contribution >= 4 is 75.6 Å². The van der Waals surface area contributed by atoms with E-state index in [0.717, 1.165) is 28.6 Å². The van der Waals surface area contributed by atoms with Crippen molar-refractivity contribution in [2.45, 2.75) is 134 Å². The number of carbonyl (C=O) groups excluding carboxylic acids is 9. The average molecular weight is 1400 g/mol. The number of fused-ring (bicyclic) bond motifs is 3. The fraction of sp³-hybridized carbons (Fsp3) is 0.350. The molecule has 6 aromatic carbocycles. The highest BCUT2D eigenvalue weighted by Gasteiger charge is 2.48. The van der Waals surface area contributed by atoms with Crippen molar-refractivity contribution in [3.63, 3.8) is 0 Å². The Labute approximate surface area is 599 Å². The van der Waals surface area contributed by atoms with E-state index in [9.17, 15) is 53.4 Å². The highest BCUT2D eigenvalue weighted by atomic mass is 16.5. The predicted octanol–water partition coefficient (Wildman–Crippen LogP) is 7.15. The molecule has 0 aromatic heterocycles. The van der Waals surface area contributed by atoms with Gasteiger partial charge in [0.2, 0.25) is 40.8 Å². The maximum Gasteiger partial charge on any atom is 0.261 e. The largest absolute Gasteiger partial charge is 0.545 e. The molecule has 6 aromatic rings. The first kappa shape index (κ1) is 76.0. The van der Waals surface area contributed by atoms with Crippen molar-refractivity contribution in [3.05, 3.63) is 203 Å². The minimum atomic E-state index is -2.17. The molecule has 1 aliphatic carbocycles. The Hall–Kier alpha value is -11.2. The number of ether oxygens (including phenoxy) is 1. The molecule has 103 heavy (non-hydrogen) atoms. The topological polar surface area (TPSA) is 322 Å². The lowest BCUT2D eigenvalue weighted by Gasteiger charge is -2.28. The third-order valence-corrected chi connectivity index (χ3v) is 18.1. The van der Waals surface area contributed by atoms with Crippen LogP contribution in [0.4, 0.5) is 11.4 Å². The number of unbranched alkanes of at least 4 members (excludes halogenated alkanes) is 6. The summed E-state index contributed by atoms with van der Waals surface area (Å²) in [4.78, 5) is 122. The van der Waals surface area contributed by atoms with Gasteiger partial charge in [-0.1, -0.05) is 116 Å². The standard InChI is InChI=1S/C80H92N10O13/c1-52(74(94)87-67(76(96)84-50-54-23-11-6-12-24-54)49-80(101)64-27-18-19-28-65(64)88-79(80)100)85-77(97)66(45-53-32-37-59(38-33-53)102-51-55-25-13-7-14-26-55)86-72(93)31-17-10-21-43-82-70(91)29-15-8-20-42-81-71(92)30-16-9-22-44-83-75(95)56-34-39-60(63(46-56)78(98)99)73-61-40-35-57(89(2)3)47-68(61)103-69-48-58(90(4)5)36-41-62(69)73/h6-7,11-14,18-19,23-28,32-41,46-48,52,66-67,101H,8-10,15-17,20-22,29-31,42-45,49-51H2,1-5H3,(H8-,81,82,83,84,85,86,87,88,91,92,93,94,95,96,97,98,99,100)/t52-,66-,67-,80+/m0/s1. The summed E-state index contributed by atoms with van der Waals surface area (Å²) in [5.41, 5.74) is 4.17. The summed E-state index contributed by atoms with van der Waals surface area (Å²) >= 11 is 0. The molecular weight excluding hydrogens is 1310 g/mol. The van der Waals surface area contributed by atoms with Gasteiger partial charge in [0, 0.05) is 129 Å². The lowest BCUT2D eigenvalue weighted by atomic mass is 9.88. The second kappa shape index (κ2) is 36.9. The second-order valence-corrected chi connectivity index (χ2v) is 26.4. The summed E-state index contributed by atoms with van der Waals surface area (Å²) < 4.78 is 14.3. The first-order valence-electron chi connectivity index (χ1n) is 35.1. The molecule has 0 radical (unpaired) electrons. The minimum absolute atomic E-state index is 0.0476. The summed E-state index contributed by atoms with van der Waals surface area (Å²) in [6, 6.07) is 44.6. The summed E-state index contributed by atoms with van der Waals surface area (Å²) in [7, 11) is 7.70. The number of hydrogen-bond acceptors (Lipinski definition) is 14. The fourth-order valence-corrected chi connectivity index (χ4v) is 12.3. The first-order chi connectivity index (χ1) is 49.6. The van der Waals surface area contributed by atoms with Crippen LogP contribution in [0.2, 0.25) is 0 Å². The maximum atomic E-state index is 14.2. The van der Waals surface area contributed by atoms with Gasteiger partial charge in [0.25, 0.3) is 11.8 Å². The third kappa shape index (κ3) is 21.4. The molecule has 0 spiro atoms. The predicted molar refractivity (Wildman–Crippen MR) is 392 cm³/mol. The number of aliphatic hydroxyl groups is 1. The average Bonchev–Trinajstić information content (AvgIpc) is 1.75. The van der Waals surface area contributed by atoms with Crippen LogP contribution in [0.25, 0.3) is 33.4 Å². The molecule has 8 amide bonds. The highest BCUT2D eigenvalue weighted by Crippen LogP contribution is 2.43. The zero-order valence-corrected chi connectivity index (χ0v) is 59.0. The van der Waals surface area contributed by atoms with E-state index in [1.165, 1.54) is 13.0 Å². The van der Waals surface area contributed by atoms with Crippen molar-refractivity contribution in [1.29, 1.82) is 0 Å². The molecule has 0 saturated carbocycles. The summed E-state index contributed by atoms with van der Waals surface area (Å²) in [6.07, 6.45) is 5.89. The fourth-order valence-electron chi connectivity index (χ4n) is 12.3.